The van der Waals surface area contributed by atoms with Crippen LogP contribution < -0.4 is 9.80 Å². The number of aliphatic hydroxyl groups excluding tert-OH is 1. The molecule has 1 saturated carbocycles. The van der Waals surface area contributed by atoms with Crippen LogP contribution in [0.5, 0.6) is 0 Å². The van der Waals surface area contributed by atoms with Crippen LogP contribution in [0, 0.1) is 0 Å². The Labute approximate surface area is 204 Å². The third-order valence-corrected chi connectivity index (χ3v) is 6.97. The zero-order valence-corrected chi connectivity index (χ0v) is 20.7. The van der Waals surface area contributed by atoms with Crippen molar-refractivity contribution < 1.29 is 14.7 Å². The Bertz CT molecular complexity index is 892. The Morgan fingerprint density at radius 3 is 2.18 bits per heavy atom. The second-order valence-corrected chi connectivity index (χ2v) is 9.15. The van der Waals surface area contributed by atoms with Crippen molar-refractivity contribution in [3.63, 3.8) is 0 Å². The number of hydrogen-bond acceptors (Lipinski definition) is 4. The fraction of sp³-hybridized carbons (Fsp3) is 0.500. The number of hydrogen-bond donors (Lipinski definition) is 1. The van der Waals surface area contributed by atoms with Gasteiger partial charge in [0, 0.05) is 37.1 Å². The maximum atomic E-state index is 13.0. The third kappa shape index (κ3) is 6.90. The van der Waals surface area contributed by atoms with Crippen molar-refractivity contribution in [2.75, 3.05) is 49.6 Å². The van der Waals surface area contributed by atoms with Gasteiger partial charge in [-0.3, -0.25) is 9.59 Å². The smallest absolute Gasteiger partial charge is 0.258 e. The fourth-order valence-corrected chi connectivity index (χ4v) is 4.79. The number of aliphatic hydroxyl groups is 1. The number of amides is 2. The highest BCUT2D eigenvalue weighted by Crippen LogP contribution is 2.32. The summed E-state index contributed by atoms with van der Waals surface area (Å²) < 4.78 is 0. The normalized spacial score (nSPS) is 14.2. The molecule has 34 heavy (non-hydrogen) atoms. The molecule has 1 fully saturated rings. The van der Waals surface area contributed by atoms with Crippen molar-refractivity contribution in [2.45, 2.75) is 51.4 Å². The number of benzene rings is 2. The number of carbonyl (C=O) groups excluding carboxylic acids is 2. The Kier molecular flexibility index (Phi) is 10.1. The minimum Gasteiger partial charge on any atom is -0.395 e. The summed E-state index contributed by atoms with van der Waals surface area (Å²) in [7, 11) is 1.78. The van der Waals surface area contributed by atoms with E-state index in [1.807, 2.05) is 36.4 Å². The maximum Gasteiger partial charge on any atom is 0.258 e. The molecule has 0 heterocycles. The first kappa shape index (κ1) is 25.9. The molecule has 2 amide bonds. The fourth-order valence-electron chi connectivity index (χ4n) is 4.79. The van der Waals surface area contributed by atoms with Crippen LogP contribution in [-0.4, -0.2) is 62.2 Å². The third-order valence-electron chi connectivity index (χ3n) is 6.97. The van der Waals surface area contributed by atoms with E-state index in [-0.39, 0.29) is 12.5 Å². The molecule has 1 N–H and O–H groups in total. The van der Waals surface area contributed by atoms with Crippen molar-refractivity contribution in [1.82, 2.24) is 4.90 Å². The van der Waals surface area contributed by atoms with E-state index in [2.05, 4.69) is 24.0 Å². The van der Waals surface area contributed by atoms with E-state index in [0.717, 1.165) is 37.3 Å². The minimum absolute atomic E-state index is 0.0428. The first-order chi connectivity index (χ1) is 16.6. The van der Waals surface area contributed by atoms with Gasteiger partial charge in [-0.15, -0.1) is 0 Å². The van der Waals surface area contributed by atoms with Crippen LogP contribution in [-0.2, 0) is 4.79 Å². The molecule has 3 rings (SSSR count). The van der Waals surface area contributed by atoms with Crippen LogP contribution in [0.15, 0.2) is 48.5 Å². The standard InChI is InChI=1S/C28H39N3O3/c1-3-30(20-21-32)18-7-19-31(22-33)27-16-14-26(15-17-27)29(2)28(34)25-12-10-24(11-13-25)23-8-5-4-6-9-23/h10-17,22-23,32H,3-9,18-21H2,1-2H3. The second-order valence-electron chi connectivity index (χ2n) is 9.15. The topological polar surface area (TPSA) is 64.1 Å². The van der Waals surface area contributed by atoms with E-state index in [9.17, 15) is 9.59 Å². The van der Waals surface area contributed by atoms with Gasteiger partial charge in [0.05, 0.1) is 6.61 Å². The first-order valence-corrected chi connectivity index (χ1v) is 12.6. The van der Waals surface area contributed by atoms with Crippen LogP contribution >= 0.6 is 0 Å². The number of likely N-dealkylation sites (N-methyl/N-ethyl adjacent to an activating group) is 1. The van der Waals surface area contributed by atoms with Gasteiger partial charge in [-0.05, 0) is 80.2 Å². The molecule has 0 bridgehead atoms. The van der Waals surface area contributed by atoms with Crippen LogP contribution in [0.2, 0.25) is 0 Å². The van der Waals surface area contributed by atoms with Crippen LogP contribution in [0.25, 0.3) is 0 Å². The van der Waals surface area contributed by atoms with E-state index < -0.39 is 0 Å². The Morgan fingerprint density at radius 2 is 1.59 bits per heavy atom. The van der Waals surface area contributed by atoms with Crippen molar-refractivity contribution >= 4 is 23.7 Å². The molecule has 2 aromatic rings. The maximum absolute atomic E-state index is 13.0. The molecule has 0 saturated heterocycles. The molecule has 2 aromatic carbocycles. The van der Waals surface area contributed by atoms with Crippen molar-refractivity contribution in [2.24, 2.45) is 0 Å². The highest BCUT2D eigenvalue weighted by atomic mass is 16.3. The first-order valence-electron chi connectivity index (χ1n) is 12.6. The average Bonchev–Trinajstić information content (AvgIpc) is 2.90. The molecule has 184 valence electrons. The largest absolute Gasteiger partial charge is 0.395 e. The Balaban J connectivity index is 1.58. The zero-order chi connectivity index (χ0) is 24.3. The number of anilines is 2. The van der Waals surface area contributed by atoms with Gasteiger partial charge in [0.2, 0.25) is 6.41 Å². The molecular formula is C28H39N3O3. The lowest BCUT2D eigenvalue weighted by atomic mass is 9.84. The van der Waals surface area contributed by atoms with E-state index in [1.54, 1.807) is 16.8 Å². The summed E-state index contributed by atoms with van der Waals surface area (Å²) >= 11 is 0. The highest BCUT2D eigenvalue weighted by molar-refractivity contribution is 6.05. The number of carbonyl (C=O) groups is 2. The van der Waals surface area contributed by atoms with Gasteiger partial charge < -0.3 is 19.8 Å². The van der Waals surface area contributed by atoms with Gasteiger partial charge in [-0.2, -0.15) is 0 Å². The lowest BCUT2D eigenvalue weighted by molar-refractivity contribution is -0.107. The average molecular weight is 466 g/mol. The predicted molar refractivity (Wildman–Crippen MR) is 139 cm³/mol. The van der Waals surface area contributed by atoms with Crippen molar-refractivity contribution in [1.29, 1.82) is 0 Å². The number of nitrogens with zero attached hydrogens (tertiary/aromatic N) is 3. The van der Waals surface area contributed by atoms with Gasteiger partial charge in [0.25, 0.3) is 5.91 Å². The van der Waals surface area contributed by atoms with Crippen LogP contribution in [0.4, 0.5) is 11.4 Å². The lowest BCUT2D eigenvalue weighted by Gasteiger charge is -2.23. The summed E-state index contributed by atoms with van der Waals surface area (Å²) in [5.41, 5.74) is 3.62. The van der Waals surface area contributed by atoms with Gasteiger partial charge in [-0.1, -0.05) is 38.3 Å². The molecule has 0 aliphatic heterocycles. The quantitative estimate of drug-likeness (QED) is 0.463. The molecule has 0 atom stereocenters. The second kappa shape index (κ2) is 13.3. The van der Waals surface area contributed by atoms with Crippen molar-refractivity contribution in [3.8, 4) is 0 Å². The van der Waals surface area contributed by atoms with Crippen molar-refractivity contribution in [3.05, 3.63) is 59.7 Å². The zero-order valence-electron chi connectivity index (χ0n) is 20.7. The van der Waals surface area contributed by atoms with E-state index in [4.69, 9.17) is 5.11 Å². The molecule has 0 unspecified atom stereocenters. The summed E-state index contributed by atoms with van der Waals surface area (Å²) in [6, 6.07) is 15.6. The Morgan fingerprint density at radius 1 is 0.941 bits per heavy atom. The summed E-state index contributed by atoms with van der Waals surface area (Å²) in [6.07, 6.45) is 8.10. The summed E-state index contributed by atoms with van der Waals surface area (Å²) in [5.74, 6) is 0.586. The molecular weight excluding hydrogens is 426 g/mol. The SMILES string of the molecule is CCN(CCO)CCCN(C=O)c1ccc(N(C)C(=O)c2ccc(C3CCCCC3)cc2)cc1. The van der Waals surface area contributed by atoms with E-state index in [0.29, 0.717) is 24.6 Å². The highest BCUT2D eigenvalue weighted by Gasteiger charge is 2.18. The molecule has 0 radical (unpaired) electrons. The van der Waals surface area contributed by atoms with Gasteiger partial charge in [0.1, 0.15) is 0 Å². The van der Waals surface area contributed by atoms with Gasteiger partial charge in [0.15, 0.2) is 0 Å². The Hall–Kier alpha value is -2.70. The predicted octanol–water partition coefficient (Wildman–Crippen LogP) is 4.68. The molecule has 0 spiro atoms. The van der Waals surface area contributed by atoms with Gasteiger partial charge in [-0.25, -0.2) is 0 Å². The monoisotopic (exact) mass is 465 g/mol. The summed E-state index contributed by atoms with van der Waals surface area (Å²) in [4.78, 5) is 30.2. The van der Waals surface area contributed by atoms with E-state index in [1.165, 1.54) is 37.7 Å². The molecule has 6 nitrogen and oxygen atoms in total. The molecule has 0 aromatic heterocycles. The minimum atomic E-state index is -0.0428. The molecule has 1 aliphatic rings. The van der Waals surface area contributed by atoms with E-state index >= 15 is 0 Å². The molecule has 6 heteroatoms. The molecule has 1 aliphatic carbocycles. The van der Waals surface area contributed by atoms with Crippen LogP contribution in [0.1, 0.15) is 67.3 Å². The summed E-state index contributed by atoms with van der Waals surface area (Å²) in [6.45, 7) is 5.16. The van der Waals surface area contributed by atoms with Crippen LogP contribution in [0.3, 0.4) is 0 Å². The lowest BCUT2D eigenvalue weighted by Crippen LogP contribution is -2.31. The summed E-state index contributed by atoms with van der Waals surface area (Å²) in [5, 5.41) is 9.11. The number of rotatable bonds is 12. The van der Waals surface area contributed by atoms with Gasteiger partial charge >= 0.3 is 0 Å².